The fourth-order valence-electron chi connectivity index (χ4n) is 1.64. The van der Waals surface area contributed by atoms with Gasteiger partial charge in [-0.25, -0.2) is 4.79 Å². The number of hydrogen-bond donors (Lipinski definition) is 1. The smallest absolute Gasteiger partial charge is 0.409 e. The van der Waals surface area contributed by atoms with E-state index in [1.165, 1.54) is 0 Å². The first-order chi connectivity index (χ1) is 7.41. The minimum absolute atomic E-state index is 0.0543. The number of carbonyl (C=O) groups excluding carboxylic acids is 1. The molecule has 1 heterocycles. The highest BCUT2D eigenvalue weighted by Crippen LogP contribution is 2.27. The molecule has 92 valence electrons. The van der Waals surface area contributed by atoms with Crippen LogP contribution in [0.25, 0.3) is 0 Å². The maximum Gasteiger partial charge on any atom is 0.409 e. The zero-order valence-electron chi connectivity index (χ0n) is 9.86. The topological polar surface area (TPSA) is 66.8 Å². The van der Waals surface area contributed by atoms with Gasteiger partial charge in [-0.3, -0.25) is 4.79 Å². The largest absolute Gasteiger partial charge is 0.481 e. The van der Waals surface area contributed by atoms with Crippen LogP contribution in [0.15, 0.2) is 0 Å². The summed E-state index contributed by atoms with van der Waals surface area (Å²) in [6, 6.07) is 0. The van der Waals surface area contributed by atoms with Crippen LogP contribution in [0.1, 0.15) is 33.1 Å². The number of amides is 1. The molecule has 1 aliphatic rings. The van der Waals surface area contributed by atoms with Gasteiger partial charge in [-0.2, -0.15) is 0 Å². The van der Waals surface area contributed by atoms with Crippen molar-refractivity contribution < 1.29 is 19.4 Å². The second-order valence-electron chi connectivity index (χ2n) is 4.91. The minimum atomic E-state index is -0.770. The van der Waals surface area contributed by atoms with E-state index in [0.29, 0.717) is 26.1 Å². The molecule has 1 saturated heterocycles. The van der Waals surface area contributed by atoms with Crippen molar-refractivity contribution >= 4 is 12.1 Å². The Labute approximate surface area is 95.4 Å². The lowest BCUT2D eigenvalue weighted by molar-refractivity contribution is -0.137. The summed E-state index contributed by atoms with van der Waals surface area (Å²) in [6.45, 7) is 5.81. The van der Waals surface area contributed by atoms with E-state index in [1.807, 2.05) is 13.8 Å². The van der Waals surface area contributed by atoms with Crippen molar-refractivity contribution in [1.29, 1.82) is 0 Å². The lowest BCUT2D eigenvalue weighted by Gasteiger charge is -2.25. The first-order valence-corrected chi connectivity index (χ1v) is 5.54. The van der Waals surface area contributed by atoms with Crippen LogP contribution >= 0.6 is 0 Å². The van der Waals surface area contributed by atoms with Crippen LogP contribution in [0.5, 0.6) is 0 Å². The predicted octanol–water partition coefficient (Wildman–Crippen LogP) is 1.72. The maximum atomic E-state index is 11.2. The SMILES string of the molecule is CC(C)(CCC(=O)O)CCN1CCOC1=O. The normalized spacial score (nSPS) is 16.4. The number of rotatable bonds is 6. The Morgan fingerprint density at radius 2 is 2.19 bits per heavy atom. The van der Waals surface area contributed by atoms with E-state index in [-0.39, 0.29) is 17.9 Å². The summed E-state index contributed by atoms with van der Waals surface area (Å²) in [4.78, 5) is 23.3. The summed E-state index contributed by atoms with van der Waals surface area (Å²) < 4.78 is 4.82. The summed E-state index contributed by atoms with van der Waals surface area (Å²) in [5.41, 5.74) is -0.0543. The van der Waals surface area contributed by atoms with Gasteiger partial charge in [0.2, 0.25) is 0 Å². The molecule has 0 unspecified atom stereocenters. The third-order valence-corrected chi connectivity index (χ3v) is 2.92. The second-order valence-corrected chi connectivity index (χ2v) is 4.91. The Hall–Kier alpha value is -1.26. The molecule has 0 radical (unpaired) electrons. The molecule has 16 heavy (non-hydrogen) atoms. The van der Waals surface area contributed by atoms with E-state index in [4.69, 9.17) is 9.84 Å². The number of ether oxygens (including phenoxy) is 1. The Morgan fingerprint density at radius 1 is 1.50 bits per heavy atom. The van der Waals surface area contributed by atoms with Crippen LogP contribution in [0.4, 0.5) is 4.79 Å². The molecule has 0 bridgehead atoms. The van der Waals surface area contributed by atoms with Gasteiger partial charge in [0.05, 0.1) is 6.54 Å². The number of nitrogens with zero attached hydrogens (tertiary/aromatic N) is 1. The van der Waals surface area contributed by atoms with Crippen molar-refractivity contribution in [2.24, 2.45) is 5.41 Å². The minimum Gasteiger partial charge on any atom is -0.481 e. The van der Waals surface area contributed by atoms with E-state index in [0.717, 1.165) is 6.42 Å². The summed E-state index contributed by atoms with van der Waals surface area (Å²) in [7, 11) is 0. The number of cyclic esters (lactones) is 1. The van der Waals surface area contributed by atoms with Crippen LogP contribution in [-0.2, 0) is 9.53 Å². The molecular formula is C11H19NO4. The van der Waals surface area contributed by atoms with Gasteiger partial charge in [0.25, 0.3) is 0 Å². The number of carboxylic acids is 1. The molecule has 1 N–H and O–H groups in total. The zero-order valence-corrected chi connectivity index (χ0v) is 9.86. The van der Waals surface area contributed by atoms with Crippen molar-refractivity contribution in [1.82, 2.24) is 4.90 Å². The highest BCUT2D eigenvalue weighted by Gasteiger charge is 2.25. The zero-order chi connectivity index (χ0) is 12.2. The summed E-state index contributed by atoms with van der Waals surface area (Å²) in [5.74, 6) is -0.770. The lowest BCUT2D eigenvalue weighted by atomic mass is 9.84. The fraction of sp³-hybridized carbons (Fsp3) is 0.818. The third kappa shape index (κ3) is 4.08. The molecule has 0 spiro atoms. The first-order valence-electron chi connectivity index (χ1n) is 5.54. The number of carbonyl (C=O) groups is 2. The lowest BCUT2D eigenvalue weighted by Crippen LogP contribution is -2.29. The van der Waals surface area contributed by atoms with E-state index in [2.05, 4.69) is 0 Å². The fourth-order valence-corrected chi connectivity index (χ4v) is 1.64. The molecule has 1 aliphatic heterocycles. The molecule has 1 amide bonds. The van der Waals surface area contributed by atoms with Crippen LogP contribution in [0.3, 0.4) is 0 Å². The third-order valence-electron chi connectivity index (χ3n) is 2.92. The van der Waals surface area contributed by atoms with Gasteiger partial charge < -0.3 is 14.7 Å². The van der Waals surface area contributed by atoms with E-state index >= 15 is 0 Å². The molecule has 0 aromatic rings. The van der Waals surface area contributed by atoms with Gasteiger partial charge in [-0.1, -0.05) is 13.8 Å². The van der Waals surface area contributed by atoms with Gasteiger partial charge in [-0.05, 0) is 18.3 Å². The van der Waals surface area contributed by atoms with Crippen molar-refractivity contribution in [3.63, 3.8) is 0 Å². The molecule has 1 rings (SSSR count). The Morgan fingerprint density at radius 3 is 2.69 bits per heavy atom. The van der Waals surface area contributed by atoms with Crippen molar-refractivity contribution in [2.45, 2.75) is 33.1 Å². The Bertz CT molecular complexity index is 275. The molecule has 5 heteroatoms. The molecule has 0 saturated carbocycles. The van der Waals surface area contributed by atoms with E-state index in [1.54, 1.807) is 4.90 Å². The van der Waals surface area contributed by atoms with E-state index < -0.39 is 5.97 Å². The van der Waals surface area contributed by atoms with E-state index in [9.17, 15) is 9.59 Å². The highest BCUT2D eigenvalue weighted by atomic mass is 16.6. The number of hydrogen-bond acceptors (Lipinski definition) is 3. The average Bonchev–Trinajstić information content (AvgIpc) is 2.59. The molecule has 0 aromatic carbocycles. The van der Waals surface area contributed by atoms with Gasteiger partial charge in [0.1, 0.15) is 6.61 Å². The molecule has 1 fully saturated rings. The molecule has 0 atom stereocenters. The van der Waals surface area contributed by atoms with Crippen LogP contribution < -0.4 is 0 Å². The van der Waals surface area contributed by atoms with Crippen LogP contribution in [0.2, 0.25) is 0 Å². The second kappa shape index (κ2) is 5.18. The van der Waals surface area contributed by atoms with Gasteiger partial charge in [0.15, 0.2) is 0 Å². The van der Waals surface area contributed by atoms with Crippen molar-refractivity contribution in [2.75, 3.05) is 19.7 Å². The monoisotopic (exact) mass is 229 g/mol. The van der Waals surface area contributed by atoms with Gasteiger partial charge >= 0.3 is 12.1 Å². The van der Waals surface area contributed by atoms with Crippen LogP contribution in [0, 0.1) is 5.41 Å². The number of aliphatic carboxylic acids is 1. The highest BCUT2D eigenvalue weighted by molar-refractivity contribution is 5.69. The molecule has 0 aliphatic carbocycles. The van der Waals surface area contributed by atoms with Crippen molar-refractivity contribution in [3.8, 4) is 0 Å². The maximum absolute atomic E-state index is 11.2. The molecule has 5 nitrogen and oxygen atoms in total. The Balaban J connectivity index is 2.29. The van der Waals surface area contributed by atoms with Gasteiger partial charge in [0, 0.05) is 13.0 Å². The summed E-state index contributed by atoms with van der Waals surface area (Å²) in [6.07, 6.45) is 1.35. The molecule has 0 aromatic heterocycles. The average molecular weight is 229 g/mol. The van der Waals surface area contributed by atoms with Gasteiger partial charge in [-0.15, -0.1) is 0 Å². The quantitative estimate of drug-likeness (QED) is 0.753. The molecular weight excluding hydrogens is 210 g/mol. The predicted molar refractivity (Wildman–Crippen MR) is 58.2 cm³/mol. The Kier molecular flexibility index (Phi) is 4.15. The number of carboxylic acid groups (broad SMARTS) is 1. The standard InChI is InChI=1S/C11H19NO4/c1-11(2,4-3-9(13)14)5-6-12-7-8-16-10(12)15/h3-8H2,1-2H3,(H,13,14). The van der Waals surface area contributed by atoms with Crippen molar-refractivity contribution in [3.05, 3.63) is 0 Å². The first kappa shape index (κ1) is 12.8. The summed E-state index contributed by atoms with van der Waals surface area (Å²) >= 11 is 0. The van der Waals surface area contributed by atoms with Crippen LogP contribution in [-0.4, -0.2) is 41.8 Å². The summed E-state index contributed by atoms with van der Waals surface area (Å²) in [5, 5.41) is 8.61.